The number of ether oxygens (including phenoxy) is 1. The van der Waals surface area contributed by atoms with Crippen LogP contribution in [0.2, 0.25) is 5.02 Å². The van der Waals surface area contributed by atoms with Gasteiger partial charge in [0.2, 0.25) is 0 Å². The van der Waals surface area contributed by atoms with E-state index in [-0.39, 0.29) is 11.5 Å². The van der Waals surface area contributed by atoms with Crippen LogP contribution in [0.5, 0.6) is 0 Å². The minimum atomic E-state index is -0.612. The maximum Gasteiger partial charge on any atom is 0.313 e. The molecule has 0 amide bonds. The second-order valence-electron chi connectivity index (χ2n) is 6.04. The van der Waals surface area contributed by atoms with Gasteiger partial charge in [-0.2, -0.15) is 0 Å². The second-order valence-corrected chi connectivity index (χ2v) is 6.45. The molecule has 122 valence electrons. The smallest absolute Gasteiger partial charge is 0.313 e. The van der Waals surface area contributed by atoms with Crippen molar-refractivity contribution in [1.82, 2.24) is 4.98 Å². The molecule has 0 bridgehead atoms. The molecule has 0 aliphatic carbocycles. The zero-order valence-corrected chi connectivity index (χ0v) is 13.9. The first kappa shape index (κ1) is 16.0. The molecule has 1 unspecified atom stereocenters. The van der Waals surface area contributed by atoms with E-state index in [1.54, 1.807) is 25.1 Å². The summed E-state index contributed by atoms with van der Waals surface area (Å²) in [6, 6.07) is 5.10. The van der Waals surface area contributed by atoms with E-state index < -0.39 is 11.2 Å². The molecule has 1 fully saturated rings. The number of fused-ring (bicyclic) bond motifs is 1. The van der Waals surface area contributed by atoms with Gasteiger partial charge >= 0.3 is 5.97 Å². The second kappa shape index (κ2) is 5.96. The summed E-state index contributed by atoms with van der Waals surface area (Å²) in [5.74, 6) is -0.636. The van der Waals surface area contributed by atoms with Crippen molar-refractivity contribution >= 4 is 34.2 Å². The summed E-state index contributed by atoms with van der Waals surface area (Å²) in [7, 11) is 0. The van der Waals surface area contributed by atoms with Gasteiger partial charge in [0, 0.05) is 24.7 Å². The molecule has 6 heteroatoms. The number of nitrogens with zero attached hydrogens (tertiary/aromatic N) is 2. The van der Waals surface area contributed by atoms with Crippen molar-refractivity contribution in [2.75, 3.05) is 24.6 Å². The molecule has 1 saturated heterocycles. The van der Waals surface area contributed by atoms with Gasteiger partial charge in [0.15, 0.2) is 5.82 Å². The van der Waals surface area contributed by atoms with Gasteiger partial charge in [-0.05, 0) is 38.5 Å². The van der Waals surface area contributed by atoms with Gasteiger partial charge in [0.25, 0.3) is 0 Å². The summed E-state index contributed by atoms with van der Waals surface area (Å²) < 4.78 is 20.0. The highest BCUT2D eigenvalue weighted by molar-refractivity contribution is 6.35. The minimum absolute atomic E-state index is 0.232. The number of aromatic nitrogens is 1. The van der Waals surface area contributed by atoms with Crippen LogP contribution < -0.4 is 4.90 Å². The minimum Gasteiger partial charge on any atom is -0.466 e. The van der Waals surface area contributed by atoms with Gasteiger partial charge in [0.05, 0.1) is 22.7 Å². The Labute approximate surface area is 139 Å². The van der Waals surface area contributed by atoms with E-state index in [9.17, 15) is 9.18 Å². The van der Waals surface area contributed by atoms with Crippen molar-refractivity contribution in [1.29, 1.82) is 0 Å². The van der Waals surface area contributed by atoms with Gasteiger partial charge in [0.1, 0.15) is 5.52 Å². The third-order valence-electron chi connectivity index (χ3n) is 4.36. The molecule has 1 aromatic carbocycles. The maximum atomic E-state index is 14.8. The number of rotatable bonds is 3. The summed E-state index contributed by atoms with van der Waals surface area (Å²) >= 11 is 6.08. The Morgan fingerprint density at radius 3 is 3.00 bits per heavy atom. The lowest BCUT2D eigenvalue weighted by atomic mass is 9.90. The molecule has 0 N–H and O–H groups in total. The van der Waals surface area contributed by atoms with Gasteiger partial charge in [-0.15, -0.1) is 0 Å². The molecule has 3 rings (SSSR count). The molecular formula is C17H18ClFN2O2. The SMILES string of the molecule is CCOC(=O)C1(C)CCN(c2ccc3c(Cl)ccnc3c2F)C1. The standard InChI is InChI=1S/C17H18ClFN2O2/c1-3-23-16(22)17(2)7-9-21(10-17)13-5-4-11-12(18)6-8-20-15(11)14(13)19/h4-6,8H,3,7,9-10H2,1-2H3. The first-order valence-electron chi connectivity index (χ1n) is 7.61. The van der Waals surface area contributed by atoms with Crippen LogP contribution in [-0.2, 0) is 9.53 Å². The van der Waals surface area contributed by atoms with Crippen LogP contribution in [0.15, 0.2) is 24.4 Å². The van der Waals surface area contributed by atoms with E-state index >= 15 is 0 Å². The number of esters is 1. The lowest BCUT2D eigenvalue weighted by molar-refractivity contribution is -0.153. The molecule has 0 spiro atoms. The van der Waals surface area contributed by atoms with Crippen LogP contribution in [0, 0.1) is 11.2 Å². The lowest BCUT2D eigenvalue weighted by Gasteiger charge is -2.24. The highest BCUT2D eigenvalue weighted by Gasteiger charge is 2.42. The third-order valence-corrected chi connectivity index (χ3v) is 4.69. The van der Waals surface area contributed by atoms with Crippen molar-refractivity contribution in [3.63, 3.8) is 0 Å². The maximum absolute atomic E-state index is 14.8. The Kier molecular flexibility index (Phi) is 4.15. The van der Waals surface area contributed by atoms with Crippen molar-refractivity contribution < 1.29 is 13.9 Å². The predicted octanol–water partition coefficient (Wildman–Crippen LogP) is 3.81. The van der Waals surface area contributed by atoms with Crippen molar-refractivity contribution in [2.24, 2.45) is 5.41 Å². The van der Waals surface area contributed by atoms with Crippen LogP contribution in [0.4, 0.5) is 10.1 Å². The van der Waals surface area contributed by atoms with E-state index in [4.69, 9.17) is 16.3 Å². The zero-order chi connectivity index (χ0) is 16.6. The first-order chi connectivity index (χ1) is 11.0. The fraction of sp³-hybridized carbons (Fsp3) is 0.412. The summed E-state index contributed by atoms with van der Waals surface area (Å²) in [5, 5.41) is 1.06. The number of carbonyl (C=O) groups excluding carboxylic acids is 1. The number of halogens is 2. The first-order valence-corrected chi connectivity index (χ1v) is 7.99. The topological polar surface area (TPSA) is 42.4 Å². The summed E-state index contributed by atoms with van der Waals surface area (Å²) in [4.78, 5) is 18.1. The molecule has 23 heavy (non-hydrogen) atoms. The van der Waals surface area contributed by atoms with Crippen molar-refractivity contribution in [2.45, 2.75) is 20.3 Å². The Hall–Kier alpha value is -1.88. The molecule has 1 aromatic heterocycles. The van der Waals surface area contributed by atoms with E-state index in [0.29, 0.717) is 42.2 Å². The molecule has 2 heterocycles. The van der Waals surface area contributed by atoms with E-state index in [2.05, 4.69) is 4.98 Å². The predicted molar refractivity (Wildman–Crippen MR) is 88.3 cm³/mol. The number of benzene rings is 1. The highest BCUT2D eigenvalue weighted by Crippen LogP contribution is 2.37. The number of pyridine rings is 1. The molecule has 1 atom stereocenters. The van der Waals surface area contributed by atoms with E-state index in [0.717, 1.165) is 0 Å². The van der Waals surface area contributed by atoms with E-state index in [1.165, 1.54) is 6.20 Å². The Morgan fingerprint density at radius 2 is 2.26 bits per heavy atom. The molecule has 1 aliphatic heterocycles. The van der Waals surface area contributed by atoms with Crippen LogP contribution in [-0.4, -0.2) is 30.6 Å². The van der Waals surface area contributed by atoms with E-state index in [1.807, 2.05) is 11.8 Å². The van der Waals surface area contributed by atoms with Crippen LogP contribution in [0.3, 0.4) is 0 Å². The van der Waals surface area contributed by atoms with Crippen molar-refractivity contribution in [3.05, 3.63) is 35.2 Å². The number of hydrogen-bond acceptors (Lipinski definition) is 4. The van der Waals surface area contributed by atoms with Crippen LogP contribution in [0.1, 0.15) is 20.3 Å². The monoisotopic (exact) mass is 336 g/mol. The molecule has 2 aromatic rings. The molecular weight excluding hydrogens is 319 g/mol. The summed E-state index contributed by atoms with van der Waals surface area (Å²) in [6.07, 6.45) is 2.12. The molecule has 0 saturated carbocycles. The summed E-state index contributed by atoms with van der Waals surface area (Å²) in [5.41, 5.74) is 0.0825. The quantitative estimate of drug-likeness (QED) is 0.799. The molecule has 1 aliphatic rings. The zero-order valence-electron chi connectivity index (χ0n) is 13.1. The van der Waals surface area contributed by atoms with Crippen LogP contribution >= 0.6 is 11.6 Å². The average Bonchev–Trinajstić information content (AvgIpc) is 2.92. The van der Waals surface area contributed by atoms with Gasteiger partial charge in [-0.25, -0.2) is 4.39 Å². The largest absolute Gasteiger partial charge is 0.466 e. The number of carbonyl (C=O) groups is 1. The van der Waals surface area contributed by atoms with Gasteiger partial charge < -0.3 is 9.64 Å². The number of anilines is 1. The van der Waals surface area contributed by atoms with Gasteiger partial charge in [-0.3, -0.25) is 9.78 Å². The summed E-state index contributed by atoms with van der Waals surface area (Å²) in [6.45, 7) is 5.01. The molecule has 0 radical (unpaired) electrons. The molecule has 4 nitrogen and oxygen atoms in total. The van der Waals surface area contributed by atoms with Crippen LogP contribution in [0.25, 0.3) is 10.9 Å². The fourth-order valence-electron chi connectivity index (χ4n) is 3.02. The highest BCUT2D eigenvalue weighted by atomic mass is 35.5. The third kappa shape index (κ3) is 2.74. The van der Waals surface area contributed by atoms with Gasteiger partial charge in [-0.1, -0.05) is 11.6 Å². The Balaban J connectivity index is 1.93. The Morgan fingerprint density at radius 1 is 1.48 bits per heavy atom. The average molecular weight is 337 g/mol. The van der Waals surface area contributed by atoms with Crippen molar-refractivity contribution in [3.8, 4) is 0 Å². The fourth-order valence-corrected chi connectivity index (χ4v) is 3.23. The Bertz CT molecular complexity index is 768. The normalized spacial score (nSPS) is 21.0. The number of hydrogen-bond donors (Lipinski definition) is 0. The lowest BCUT2D eigenvalue weighted by Crippen LogP contribution is -2.33.